The number of rotatable bonds is 4. The molecule has 1 aromatic carbocycles. The van der Waals surface area contributed by atoms with Crippen LogP contribution in [-0.2, 0) is 11.8 Å². The molecule has 0 radical (unpaired) electrons. The quantitative estimate of drug-likeness (QED) is 0.523. The SMILES string of the molecule is Cn1c(SCC2CCCO2)nc2scc(-c3ccccc3)c2c1=O. The van der Waals surface area contributed by atoms with Gasteiger partial charge in [-0.3, -0.25) is 9.36 Å². The molecule has 2 aromatic heterocycles. The van der Waals surface area contributed by atoms with E-state index in [0.29, 0.717) is 0 Å². The van der Waals surface area contributed by atoms with Gasteiger partial charge in [-0.25, -0.2) is 4.98 Å². The molecular weight excluding hydrogens is 340 g/mol. The first-order valence-electron chi connectivity index (χ1n) is 8.02. The number of hydrogen-bond acceptors (Lipinski definition) is 5. The summed E-state index contributed by atoms with van der Waals surface area (Å²) in [6.45, 7) is 0.849. The normalized spacial score (nSPS) is 17.6. The smallest absolute Gasteiger partial charge is 0.263 e. The molecule has 4 nitrogen and oxygen atoms in total. The van der Waals surface area contributed by atoms with Crippen molar-refractivity contribution in [2.75, 3.05) is 12.4 Å². The van der Waals surface area contributed by atoms with E-state index in [1.54, 1.807) is 23.4 Å². The summed E-state index contributed by atoms with van der Waals surface area (Å²) in [7, 11) is 1.80. The lowest BCUT2D eigenvalue weighted by atomic mass is 10.1. The van der Waals surface area contributed by atoms with Gasteiger partial charge in [-0.2, -0.15) is 0 Å². The van der Waals surface area contributed by atoms with Crippen molar-refractivity contribution in [3.05, 3.63) is 46.1 Å². The van der Waals surface area contributed by atoms with Crippen molar-refractivity contribution in [1.29, 1.82) is 0 Å². The molecule has 0 aliphatic carbocycles. The van der Waals surface area contributed by atoms with Crippen LogP contribution in [0.25, 0.3) is 21.3 Å². The second-order valence-corrected chi connectivity index (χ2v) is 7.75. The summed E-state index contributed by atoms with van der Waals surface area (Å²) in [4.78, 5) is 18.4. The van der Waals surface area contributed by atoms with Crippen molar-refractivity contribution in [3.8, 4) is 11.1 Å². The van der Waals surface area contributed by atoms with Crippen LogP contribution in [0.15, 0.2) is 45.7 Å². The molecule has 0 saturated carbocycles. The fourth-order valence-electron chi connectivity index (χ4n) is 2.96. The zero-order valence-electron chi connectivity index (χ0n) is 13.4. The van der Waals surface area contributed by atoms with Gasteiger partial charge in [0, 0.05) is 30.4 Å². The van der Waals surface area contributed by atoms with E-state index in [2.05, 4.69) is 0 Å². The predicted molar refractivity (Wildman–Crippen MR) is 100.0 cm³/mol. The molecule has 24 heavy (non-hydrogen) atoms. The summed E-state index contributed by atoms with van der Waals surface area (Å²) in [5, 5.41) is 3.52. The van der Waals surface area contributed by atoms with Gasteiger partial charge in [0.05, 0.1) is 11.5 Å². The van der Waals surface area contributed by atoms with Gasteiger partial charge < -0.3 is 4.74 Å². The maximum absolute atomic E-state index is 12.9. The van der Waals surface area contributed by atoms with Crippen LogP contribution in [0.4, 0.5) is 0 Å². The minimum Gasteiger partial charge on any atom is -0.377 e. The highest BCUT2D eigenvalue weighted by atomic mass is 32.2. The van der Waals surface area contributed by atoms with E-state index < -0.39 is 0 Å². The molecule has 1 unspecified atom stereocenters. The third-order valence-electron chi connectivity index (χ3n) is 4.28. The number of fused-ring (bicyclic) bond motifs is 1. The van der Waals surface area contributed by atoms with Crippen molar-refractivity contribution in [1.82, 2.24) is 9.55 Å². The zero-order valence-corrected chi connectivity index (χ0v) is 15.0. The van der Waals surface area contributed by atoms with E-state index in [0.717, 1.165) is 51.7 Å². The number of nitrogens with zero attached hydrogens (tertiary/aromatic N) is 2. The Labute approximate surface area is 148 Å². The molecule has 1 saturated heterocycles. The van der Waals surface area contributed by atoms with Crippen LogP contribution in [0.2, 0.25) is 0 Å². The highest BCUT2D eigenvalue weighted by Crippen LogP contribution is 2.32. The van der Waals surface area contributed by atoms with E-state index >= 15 is 0 Å². The lowest BCUT2D eigenvalue weighted by Crippen LogP contribution is -2.20. The molecule has 6 heteroatoms. The van der Waals surface area contributed by atoms with E-state index in [-0.39, 0.29) is 11.7 Å². The Morgan fingerprint density at radius 2 is 2.21 bits per heavy atom. The molecule has 1 aliphatic heterocycles. The molecule has 0 spiro atoms. The second kappa shape index (κ2) is 6.70. The molecule has 0 bridgehead atoms. The van der Waals surface area contributed by atoms with Gasteiger partial charge in [0.1, 0.15) is 4.83 Å². The fourth-order valence-corrected chi connectivity index (χ4v) is 4.98. The van der Waals surface area contributed by atoms with Gasteiger partial charge in [-0.15, -0.1) is 11.3 Å². The Morgan fingerprint density at radius 1 is 1.38 bits per heavy atom. The Morgan fingerprint density at radius 3 is 2.96 bits per heavy atom. The average Bonchev–Trinajstić information content (AvgIpc) is 3.27. The number of ether oxygens (including phenoxy) is 1. The Kier molecular flexibility index (Phi) is 4.43. The second-order valence-electron chi connectivity index (χ2n) is 5.90. The Bertz CT molecular complexity index is 912. The molecule has 3 heterocycles. The van der Waals surface area contributed by atoms with Crippen molar-refractivity contribution in [2.45, 2.75) is 24.1 Å². The third-order valence-corrected chi connectivity index (χ3v) is 6.32. The first kappa shape index (κ1) is 15.9. The predicted octanol–water partition coefficient (Wildman–Crippen LogP) is 3.93. The van der Waals surface area contributed by atoms with E-state index in [9.17, 15) is 4.79 Å². The van der Waals surface area contributed by atoms with Crippen molar-refractivity contribution in [3.63, 3.8) is 0 Å². The minimum atomic E-state index is 0.0231. The van der Waals surface area contributed by atoms with Crippen LogP contribution < -0.4 is 5.56 Å². The standard InChI is InChI=1S/C18H18N2O2S2/c1-20-17(21)15-14(12-6-3-2-4-7-12)11-23-16(15)19-18(20)24-10-13-8-5-9-22-13/h2-4,6-7,11,13H,5,8-10H2,1H3. The first-order chi connectivity index (χ1) is 11.7. The zero-order chi connectivity index (χ0) is 16.5. The average molecular weight is 358 g/mol. The molecular formula is C18H18N2O2S2. The summed E-state index contributed by atoms with van der Waals surface area (Å²) >= 11 is 3.15. The van der Waals surface area contributed by atoms with Crippen LogP contribution in [0.1, 0.15) is 12.8 Å². The summed E-state index contributed by atoms with van der Waals surface area (Å²) in [5.41, 5.74) is 2.05. The molecule has 1 atom stereocenters. The highest BCUT2D eigenvalue weighted by molar-refractivity contribution is 7.99. The van der Waals surface area contributed by atoms with Gasteiger partial charge in [0.2, 0.25) is 0 Å². The van der Waals surface area contributed by atoms with Crippen LogP contribution in [0.3, 0.4) is 0 Å². The lowest BCUT2D eigenvalue weighted by molar-refractivity contribution is 0.129. The molecule has 1 fully saturated rings. The van der Waals surface area contributed by atoms with Crippen LogP contribution in [0.5, 0.6) is 0 Å². The number of hydrogen-bond donors (Lipinski definition) is 0. The van der Waals surface area contributed by atoms with Gasteiger partial charge in [0.15, 0.2) is 5.16 Å². The third kappa shape index (κ3) is 2.90. The topological polar surface area (TPSA) is 44.1 Å². The fraction of sp³-hybridized carbons (Fsp3) is 0.333. The monoisotopic (exact) mass is 358 g/mol. The summed E-state index contributed by atoms with van der Waals surface area (Å²) in [5.74, 6) is 0.850. The van der Waals surface area contributed by atoms with Crippen LogP contribution in [0, 0.1) is 0 Å². The van der Waals surface area contributed by atoms with Gasteiger partial charge in [-0.1, -0.05) is 42.1 Å². The Hall–Kier alpha value is -1.63. The molecule has 0 N–H and O–H groups in total. The molecule has 3 aromatic rings. The van der Waals surface area contributed by atoms with Gasteiger partial charge in [0.25, 0.3) is 5.56 Å². The maximum atomic E-state index is 12.9. The van der Waals surface area contributed by atoms with Crippen molar-refractivity contribution < 1.29 is 4.74 Å². The van der Waals surface area contributed by atoms with Crippen molar-refractivity contribution in [2.24, 2.45) is 7.05 Å². The van der Waals surface area contributed by atoms with Gasteiger partial charge in [-0.05, 0) is 18.4 Å². The van der Waals surface area contributed by atoms with Crippen LogP contribution in [-0.4, -0.2) is 28.0 Å². The first-order valence-corrected chi connectivity index (χ1v) is 9.88. The largest absolute Gasteiger partial charge is 0.377 e. The summed E-state index contributed by atoms with van der Waals surface area (Å²) in [6.07, 6.45) is 2.51. The van der Waals surface area contributed by atoms with E-state index in [1.807, 2.05) is 35.7 Å². The molecule has 4 rings (SSSR count). The number of thiophene rings is 1. The van der Waals surface area contributed by atoms with E-state index in [4.69, 9.17) is 9.72 Å². The maximum Gasteiger partial charge on any atom is 0.263 e. The van der Waals surface area contributed by atoms with Gasteiger partial charge >= 0.3 is 0 Å². The van der Waals surface area contributed by atoms with Crippen LogP contribution >= 0.6 is 23.1 Å². The number of thioether (sulfide) groups is 1. The lowest BCUT2D eigenvalue weighted by Gasteiger charge is -2.11. The molecule has 0 amide bonds. The van der Waals surface area contributed by atoms with Crippen molar-refractivity contribution >= 4 is 33.3 Å². The number of aromatic nitrogens is 2. The molecule has 124 valence electrons. The highest BCUT2D eigenvalue weighted by Gasteiger charge is 2.19. The summed E-state index contributed by atoms with van der Waals surface area (Å²) in [6, 6.07) is 10.0. The van der Waals surface area contributed by atoms with E-state index in [1.165, 1.54) is 11.3 Å². The number of benzene rings is 1. The minimum absolute atomic E-state index is 0.0231. The Balaban J connectivity index is 1.72. The molecule has 1 aliphatic rings. The summed E-state index contributed by atoms with van der Waals surface area (Å²) < 4.78 is 7.33.